The van der Waals surface area contributed by atoms with Gasteiger partial charge in [-0.2, -0.15) is 0 Å². The van der Waals surface area contributed by atoms with Gasteiger partial charge in [-0.05, 0) is 25.0 Å². The molecule has 0 bridgehead atoms. The first kappa shape index (κ1) is 12.8. The lowest BCUT2D eigenvalue weighted by Crippen LogP contribution is -2.34. The molecular formula is C12H20N2O2. The van der Waals surface area contributed by atoms with Gasteiger partial charge in [0.05, 0.1) is 7.11 Å². The Morgan fingerprint density at radius 2 is 2.38 bits per heavy atom. The van der Waals surface area contributed by atoms with Crippen LogP contribution in [0.2, 0.25) is 0 Å². The molecule has 0 aliphatic carbocycles. The highest BCUT2D eigenvalue weighted by Gasteiger charge is 2.11. The SMILES string of the molecule is CCCn1ccc(CNC(C)C(=O)OC)c1. The van der Waals surface area contributed by atoms with Gasteiger partial charge in [0.25, 0.3) is 0 Å². The number of nitrogens with zero attached hydrogens (tertiary/aromatic N) is 1. The summed E-state index contributed by atoms with van der Waals surface area (Å²) in [5.41, 5.74) is 1.18. The maximum atomic E-state index is 11.2. The zero-order chi connectivity index (χ0) is 12.0. The Morgan fingerprint density at radius 1 is 1.62 bits per heavy atom. The zero-order valence-corrected chi connectivity index (χ0v) is 10.2. The second-order valence-corrected chi connectivity index (χ2v) is 3.88. The first-order valence-corrected chi connectivity index (χ1v) is 5.63. The van der Waals surface area contributed by atoms with Crippen molar-refractivity contribution >= 4 is 5.97 Å². The normalized spacial score (nSPS) is 12.4. The number of nitrogens with one attached hydrogen (secondary N) is 1. The first-order valence-electron chi connectivity index (χ1n) is 5.63. The van der Waals surface area contributed by atoms with Crippen LogP contribution in [-0.4, -0.2) is 23.7 Å². The van der Waals surface area contributed by atoms with Crippen molar-refractivity contribution in [1.82, 2.24) is 9.88 Å². The lowest BCUT2D eigenvalue weighted by Gasteiger charge is -2.10. The van der Waals surface area contributed by atoms with Crippen LogP contribution in [-0.2, 0) is 22.6 Å². The van der Waals surface area contributed by atoms with Gasteiger partial charge in [0.15, 0.2) is 0 Å². The van der Waals surface area contributed by atoms with E-state index in [9.17, 15) is 4.79 Å². The molecule has 0 aliphatic heterocycles. The van der Waals surface area contributed by atoms with Gasteiger partial charge < -0.3 is 14.6 Å². The molecule has 0 amide bonds. The molecular weight excluding hydrogens is 204 g/mol. The van der Waals surface area contributed by atoms with Crippen LogP contribution in [0.1, 0.15) is 25.8 Å². The van der Waals surface area contributed by atoms with Crippen LogP contribution in [0.4, 0.5) is 0 Å². The van der Waals surface area contributed by atoms with E-state index in [4.69, 9.17) is 0 Å². The summed E-state index contributed by atoms with van der Waals surface area (Å²) in [6, 6.07) is 1.80. The summed E-state index contributed by atoms with van der Waals surface area (Å²) in [5.74, 6) is -0.229. The number of hydrogen-bond donors (Lipinski definition) is 1. The highest BCUT2D eigenvalue weighted by Crippen LogP contribution is 2.02. The fourth-order valence-electron chi connectivity index (χ4n) is 1.52. The first-order chi connectivity index (χ1) is 7.67. The maximum Gasteiger partial charge on any atom is 0.322 e. The van der Waals surface area contributed by atoms with Crippen molar-refractivity contribution in [1.29, 1.82) is 0 Å². The monoisotopic (exact) mass is 224 g/mol. The summed E-state index contributed by atoms with van der Waals surface area (Å²) in [5, 5.41) is 3.12. The van der Waals surface area contributed by atoms with Gasteiger partial charge in [0.2, 0.25) is 0 Å². The van der Waals surface area contributed by atoms with E-state index in [0.29, 0.717) is 6.54 Å². The third-order valence-corrected chi connectivity index (χ3v) is 2.46. The van der Waals surface area contributed by atoms with Crippen molar-refractivity contribution in [2.24, 2.45) is 0 Å². The smallest absolute Gasteiger partial charge is 0.322 e. The van der Waals surface area contributed by atoms with E-state index < -0.39 is 0 Å². The van der Waals surface area contributed by atoms with Crippen LogP contribution in [0.5, 0.6) is 0 Å². The minimum absolute atomic E-state index is 0.229. The van der Waals surface area contributed by atoms with Gasteiger partial charge in [0.1, 0.15) is 6.04 Å². The number of methoxy groups -OCH3 is 1. The minimum atomic E-state index is -0.264. The molecule has 0 spiro atoms. The van der Waals surface area contributed by atoms with E-state index in [1.54, 1.807) is 6.92 Å². The molecule has 1 aromatic heterocycles. The number of hydrogen-bond acceptors (Lipinski definition) is 3. The van der Waals surface area contributed by atoms with E-state index in [-0.39, 0.29) is 12.0 Å². The van der Waals surface area contributed by atoms with E-state index in [1.165, 1.54) is 12.7 Å². The summed E-state index contributed by atoms with van der Waals surface area (Å²) in [6.07, 6.45) is 5.28. The molecule has 1 N–H and O–H groups in total. The molecule has 0 aliphatic rings. The Hall–Kier alpha value is -1.29. The van der Waals surface area contributed by atoms with Gasteiger partial charge in [-0.25, -0.2) is 0 Å². The van der Waals surface area contributed by atoms with Gasteiger partial charge in [-0.15, -0.1) is 0 Å². The highest BCUT2D eigenvalue weighted by atomic mass is 16.5. The lowest BCUT2D eigenvalue weighted by atomic mass is 10.3. The van der Waals surface area contributed by atoms with Gasteiger partial charge in [-0.1, -0.05) is 6.92 Å². The Bertz CT molecular complexity index is 334. The van der Waals surface area contributed by atoms with Gasteiger partial charge in [-0.3, -0.25) is 4.79 Å². The van der Waals surface area contributed by atoms with E-state index in [1.807, 2.05) is 0 Å². The molecule has 0 fully saturated rings. The summed E-state index contributed by atoms with van der Waals surface area (Å²) in [6.45, 7) is 5.67. The number of rotatable bonds is 6. The molecule has 1 atom stereocenters. The molecule has 1 rings (SSSR count). The number of aryl methyl sites for hydroxylation is 1. The van der Waals surface area contributed by atoms with Crippen molar-refractivity contribution in [2.75, 3.05) is 7.11 Å². The number of carbonyl (C=O) groups excluding carboxylic acids is 1. The van der Waals surface area contributed by atoms with E-state index >= 15 is 0 Å². The molecule has 16 heavy (non-hydrogen) atoms. The van der Waals surface area contributed by atoms with Crippen LogP contribution >= 0.6 is 0 Å². The van der Waals surface area contributed by atoms with Crippen LogP contribution in [0.15, 0.2) is 18.5 Å². The molecule has 4 heteroatoms. The Labute approximate surface area is 96.6 Å². The van der Waals surface area contributed by atoms with Crippen molar-refractivity contribution in [2.45, 2.75) is 39.4 Å². The standard InChI is InChI=1S/C12H20N2O2/c1-4-6-14-7-5-11(9-14)8-13-10(2)12(15)16-3/h5,7,9-10,13H,4,6,8H2,1-3H3. The van der Waals surface area contributed by atoms with E-state index in [2.05, 4.69) is 40.0 Å². The molecule has 1 aromatic rings. The van der Waals surface area contributed by atoms with Gasteiger partial charge in [0, 0.05) is 25.5 Å². The lowest BCUT2D eigenvalue weighted by molar-refractivity contribution is -0.142. The highest BCUT2D eigenvalue weighted by molar-refractivity contribution is 5.75. The second-order valence-electron chi connectivity index (χ2n) is 3.88. The molecule has 90 valence electrons. The van der Waals surface area contributed by atoms with Crippen LogP contribution < -0.4 is 5.32 Å². The Kier molecular flexibility index (Phi) is 5.05. The molecule has 1 heterocycles. The topological polar surface area (TPSA) is 43.3 Å². The predicted octanol–water partition coefficient (Wildman–Crippen LogP) is 1.55. The maximum absolute atomic E-state index is 11.2. The summed E-state index contributed by atoms with van der Waals surface area (Å²) < 4.78 is 6.79. The fourth-order valence-corrected chi connectivity index (χ4v) is 1.52. The average molecular weight is 224 g/mol. The quantitative estimate of drug-likeness (QED) is 0.745. The largest absolute Gasteiger partial charge is 0.468 e. The summed E-state index contributed by atoms with van der Waals surface area (Å²) in [4.78, 5) is 11.2. The number of aromatic nitrogens is 1. The molecule has 0 saturated heterocycles. The third-order valence-electron chi connectivity index (χ3n) is 2.46. The third kappa shape index (κ3) is 3.70. The molecule has 0 aromatic carbocycles. The number of ether oxygens (including phenoxy) is 1. The molecule has 1 unspecified atom stereocenters. The number of esters is 1. The van der Waals surface area contributed by atoms with Crippen LogP contribution in [0.25, 0.3) is 0 Å². The predicted molar refractivity (Wildman–Crippen MR) is 63.0 cm³/mol. The molecule has 4 nitrogen and oxygen atoms in total. The van der Waals surface area contributed by atoms with E-state index in [0.717, 1.165) is 13.0 Å². The fraction of sp³-hybridized carbons (Fsp3) is 0.583. The van der Waals surface area contributed by atoms with Crippen LogP contribution in [0, 0.1) is 0 Å². The van der Waals surface area contributed by atoms with Crippen LogP contribution in [0.3, 0.4) is 0 Å². The van der Waals surface area contributed by atoms with Crippen molar-refractivity contribution in [3.05, 3.63) is 24.0 Å². The summed E-state index contributed by atoms with van der Waals surface area (Å²) >= 11 is 0. The Balaban J connectivity index is 2.39. The van der Waals surface area contributed by atoms with Gasteiger partial charge >= 0.3 is 5.97 Å². The van der Waals surface area contributed by atoms with Crippen molar-refractivity contribution in [3.8, 4) is 0 Å². The molecule has 0 saturated carbocycles. The van der Waals surface area contributed by atoms with Crippen molar-refractivity contribution in [3.63, 3.8) is 0 Å². The average Bonchev–Trinajstić information content (AvgIpc) is 2.73. The number of carbonyl (C=O) groups is 1. The molecule has 0 radical (unpaired) electrons. The zero-order valence-electron chi connectivity index (χ0n) is 10.2. The minimum Gasteiger partial charge on any atom is -0.468 e. The second kappa shape index (κ2) is 6.33. The Morgan fingerprint density at radius 3 is 3.00 bits per heavy atom. The summed E-state index contributed by atoms with van der Waals surface area (Å²) in [7, 11) is 1.40. The van der Waals surface area contributed by atoms with Crippen molar-refractivity contribution < 1.29 is 9.53 Å².